The summed E-state index contributed by atoms with van der Waals surface area (Å²) in [7, 11) is -1.98. The van der Waals surface area contributed by atoms with E-state index in [1.165, 1.54) is 7.11 Å². The van der Waals surface area contributed by atoms with Crippen LogP contribution in [0, 0.1) is 0 Å². The molecule has 15 heavy (non-hydrogen) atoms. The van der Waals surface area contributed by atoms with Crippen molar-refractivity contribution >= 4 is 27.2 Å². The van der Waals surface area contributed by atoms with Crippen molar-refractivity contribution in [2.24, 2.45) is 5.73 Å². The average Bonchev–Trinajstić information content (AvgIpc) is 2.02. The van der Waals surface area contributed by atoms with E-state index in [9.17, 15) is 8.42 Å². The minimum Gasteiger partial charge on any atom is -0.392 e. The first-order valence-corrected chi connectivity index (χ1v) is 6.60. The second kappa shape index (κ2) is 6.37. The number of methoxy groups -OCH3 is 1. The van der Waals surface area contributed by atoms with E-state index in [1.807, 2.05) is 0 Å². The molecule has 3 N–H and O–H groups in total. The van der Waals surface area contributed by atoms with E-state index in [1.54, 1.807) is 13.8 Å². The minimum atomic E-state index is -3.49. The van der Waals surface area contributed by atoms with Gasteiger partial charge in [-0.2, -0.15) is 0 Å². The van der Waals surface area contributed by atoms with Crippen LogP contribution >= 0.6 is 12.2 Å². The zero-order chi connectivity index (χ0) is 12.1. The second-order valence-electron chi connectivity index (χ2n) is 3.32. The van der Waals surface area contributed by atoms with E-state index < -0.39 is 15.3 Å². The molecule has 5 nitrogen and oxygen atoms in total. The molecule has 2 atom stereocenters. The summed E-state index contributed by atoms with van der Waals surface area (Å²) >= 11 is 4.71. The van der Waals surface area contributed by atoms with Crippen LogP contribution in [-0.4, -0.2) is 38.4 Å². The monoisotopic (exact) mass is 254 g/mol. The third-order valence-electron chi connectivity index (χ3n) is 1.84. The van der Waals surface area contributed by atoms with Crippen LogP contribution in [0.1, 0.15) is 20.3 Å². The Bertz CT molecular complexity index is 303. The molecule has 0 fully saturated rings. The standard InChI is InChI=1S/C8H18N2O3S2/c1-4-7(8(9)14)15(11,12)10-6(2)5-13-3/h6-7,10H,4-5H2,1-3H3,(H2,9,14). The van der Waals surface area contributed by atoms with Gasteiger partial charge in [-0.05, 0) is 13.3 Å². The Morgan fingerprint density at radius 2 is 2.13 bits per heavy atom. The lowest BCUT2D eigenvalue weighted by atomic mass is 10.3. The first-order chi connectivity index (χ1) is 6.85. The van der Waals surface area contributed by atoms with Crippen LogP contribution in [0.25, 0.3) is 0 Å². The van der Waals surface area contributed by atoms with Gasteiger partial charge in [0.25, 0.3) is 0 Å². The molecule has 0 aromatic carbocycles. The maximum atomic E-state index is 11.8. The van der Waals surface area contributed by atoms with Gasteiger partial charge in [0.1, 0.15) is 5.25 Å². The van der Waals surface area contributed by atoms with Gasteiger partial charge in [-0.1, -0.05) is 19.1 Å². The molecular weight excluding hydrogens is 236 g/mol. The quantitative estimate of drug-likeness (QED) is 0.625. The van der Waals surface area contributed by atoms with E-state index in [0.29, 0.717) is 13.0 Å². The highest BCUT2D eigenvalue weighted by Crippen LogP contribution is 2.05. The molecule has 0 amide bonds. The molecule has 0 aliphatic carbocycles. The summed E-state index contributed by atoms with van der Waals surface area (Å²) in [6.07, 6.45) is 0.365. The molecule has 0 bridgehead atoms. The molecule has 0 saturated heterocycles. The van der Waals surface area contributed by atoms with Gasteiger partial charge in [0.2, 0.25) is 10.0 Å². The Labute approximate surface area is 96.4 Å². The van der Waals surface area contributed by atoms with Crippen LogP contribution in [0.3, 0.4) is 0 Å². The van der Waals surface area contributed by atoms with Gasteiger partial charge in [-0.3, -0.25) is 0 Å². The van der Waals surface area contributed by atoms with Gasteiger partial charge in [-0.25, -0.2) is 13.1 Å². The number of thiocarbonyl (C=S) groups is 1. The second-order valence-corrected chi connectivity index (χ2v) is 5.68. The number of sulfonamides is 1. The molecule has 0 aliphatic heterocycles. The first kappa shape index (κ1) is 14.8. The van der Waals surface area contributed by atoms with E-state index in [4.69, 9.17) is 22.7 Å². The van der Waals surface area contributed by atoms with Gasteiger partial charge >= 0.3 is 0 Å². The summed E-state index contributed by atoms with van der Waals surface area (Å²) < 4.78 is 30.8. The maximum absolute atomic E-state index is 11.8. The zero-order valence-corrected chi connectivity index (χ0v) is 10.8. The van der Waals surface area contributed by atoms with Crippen molar-refractivity contribution in [2.75, 3.05) is 13.7 Å². The van der Waals surface area contributed by atoms with Crippen molar-refractivity contribution in [1.29, 1.82) is 0 Å². The van der Waals surface area contributed by atoms with Crippen LogP contribution < -0.4 is 10.5 Å². The third kappa shape index (κ3) is 4.87. The van der Waals surface area contributed by atoms with Gasteiger partial charge in [0.15, 0.2) is 0 Å². The predicted octanol–water partition coefficient (Wildman–Crippen LogP) is 0.00540. The lowest BCUT2D eigenvalue weighted by molar-refractivity contribution is 0.180. The van der Waals surface area contributed by atoms with E-state index >= 15 is 0 Å². The van der Waals surface area contributed by atoms with E-state index in [-0.39, 0.29) is 11.0 Å². The number of nitrogens with two attached hydrogens (primary N) is 1. The number of hydrogen-bond acceptors (Lipinski definition) is 4. The fourth-order valence-electron chi connectivity index (χ4n) is 1.22. The third-order valence-corrected chi connectivity index (χ3v) is 4.35. The minimum absolute atomic E-state index is 0.00498. The van der Waals surface area contributed by atoms with Crippen molar-refractivity contribution in [3.05, 3.63) is 0 Å². The molecule has 0 aromatic heterocycles. The highest BCUT2D eigenvalue weighted by atomic mass is 32.2. The molecule has 0 heterocycles. The summed E-state index contributed by atoms with van der Waals surface area (Å²) in [5.41, 5.74) is 5.36. The highest BCUT2D eigenvalue weighted by Gasteiger charge is 2.27. The number of hydrogen-bond donors (Lipinski definition) is 2. The van der Waals surface area contributed by atoms with Crippen LogP contribution in [0.15, 0.2) is 0 Å². The average molecular weight is 254 g/mol. The van der Waals surface area contributed by atoms with Crippen molar-refractivity contribution < 1.29 is 13.2 Å². The largest absolute Gasteiger partial charge is 0.392 e. The predicted molar refractivity (Wildman–Crippen MR) is 64.3 cm³/mol. The van der Waals surface area contributed by atoms with Crippen molar-refractivity contribution in [1.82, 2.24) is 4.72 Å². The van der Waals surface area contributed by atoms with Crippen molar-refractivity contribution in [3.63, 3.8) is 0 Å². The summed E-state index contributed by atoms with van der Waals surface area (Å²) in [6.45, 7) is 3.75. The molecule has 0 saturated carbocycles. The number of nitrogens with one attached hydrogen (secondary N) is 1. The smallest absolute Gasteiger partial charge is 0.221 e. The Morgan fingerprint density at radius 1 is 1.60 bits per heavy atom. The fourth-order valence-corrected chi connectivity index (χ4v) is 3.30. The molecule has 7 heteroatoms. The van der Waals surface area contributed by atoms with Gasteiger partial charge in [0, 0.05) is 13.2 Å². The summed E-state index contributed by atoms with van der Waals surface area (Å²) in [6, 6.07) is -0.289. The first-order valence-electron chi connectivity index (χ1n) is 4.64. The molecule has 0 spiro atoms. The Hall–Kier alpha value is -0.240. The van der Waals surface area contributed by atoms with E-state index in [0.717, 1.165) is 0 Å². The molecular formula is C8H18N2O3S2. The Balaban J connectivity index is 4.59. The van der Waals surface area contributed by atoms with Gasteiger partial charge in [0.05, 0.1) is 11.6 Å². The van der Waals surface area contributed by atoms with Crippen LogP contribution in [0.2, 0.25) is 0 Å². The number of ether oxygens (including phenoxy) is 1. The lowest BCUT2D eigenvalue weighted by Gasteiger charge is -2.18. The van der Waals surface area contributed by atoms with Gasteiger partial charge in [-0.15, -0.1) is 0 Å². The SMILES string of the molecule is CCC(C(N)=S)S(=O)(=O)NC(C)COC. The van der Waals surface area contributed by atoms with Crippen molar-refractivity contribution in [2.45, 2.75) is 31.6 Å². The fraction of sp³-hybridized carbons (Fsp3) is 0.875. The zero-order valence-electron chi connectivity index (χ0n) is 9.19. The summed E-state index contributed by atoms with van der Waals surface area (Å²) in [5.74, 6) is 0. The Morgan fingerprint density at radius 3 is 2.47 bits per heavy atom. The normalized spacial score (nSPS) is 15.9. The summed E-state index contributed by atoms with van der Waals surface area (Å²) in [5, 5.41) is -0.813. The molecule has 0 radical (unpaired) electrons. The van der Waals surface area contributed by atoms with Crippen molar-refractivity contribution in [3.8, 4) is 0 Å². The molecule has 2 unspecified atom stereocenters. The van der Waals surface area contributed by atoms with Crippen LogP contribution in [0.4, 0.5) is 0 Å². The summed E-state index contributed by atoms with van der Waals surface area (Å²) in [4.78, 5) is -0.00498. The molecule has 0 rings (SSSR count). The molecule has 0 aromatic rings. The maximum Gasteiger partial charge on any atom is 0.221 e. The van der Waals surface area contributed by atoms with Crippen LogP contribution in [-0.2, 0) is 14.8 Å². The van der Waals surface area contributed by atoms with Crippen LogP contribution in [0.5, 0.6) is 0 Å². The molecule has 0 aliphatic rings. The lowest BCUT2D eigenvalue weighted by Crippen LogP contribution is -2.46. The number of rotatable bonds is 7. The molecule has 90 valence electrons. The van der Waals surface area contributed by atoms with E-state index in [2.05, 4.69) is 4.72 Å². The topological polar surface area (TPSA) is 81.4 Å². The highest BCUT2D eigenvalue weighted by molar-refractivity contribution is 7.93. The van der Waals surface area contributed by atoms with Gasteiger partial charge < -0.3 is 10.5 Å². The Kier molecular flexibility index (Phi) is 6.26.